The first-order valence-corrected chi connectivity index (χ1v) is 9.59. The number of hydrogen-bond acceptors (Lipinski definition) is 5. The van der Waals surface area contributed by atoms with Crippen LogP contribution >= 0.6 is 0 Å². The Labute approximate surface area is 167 Å². The molecule has 4 rings (SSSR count). The number of hydrogen-bond donors (Lipinski definition) is 0. The lowest BCUT2D eigenvalue weighted by Crippen LogP contribution is -2.36. The van der Waals surface area contributed by atoms with Gasteiger partial charge in [0.05, 0.1) is 36.9 Å². The van der Waals surface area contributed by atoms with Crippen LogP contribution in [0.4, 0.5) is 0 Å². The molecule has 3 heterocycles. The summed E-state index contributed by atoms with van der Waals surface area (Å²) in [4.78, 5) is 25.5. The predicted molar refractivity (Wildman–Crippen MR) is 110 cm³/mol. The van der Waals surface area contributed by atoms with Crippen LogP contribution in [-0.2, 0) is 25.4 Å². The van der Waals surface area contributed by atoms with Crippen LogP contribution in [0.1, 0.15) is 12.8 Å². The monoisotopic (exact) mass is 399 g/mol. The van der Waals surface area contributed by atoms with E-state index in [9.17, 15) is 9.59 Å². The molecule has 1 atom stereocenters. The molecular formula is C21H25N3O5. The first kappa shape index (κ1) is 19.3. The molecule has 0 bridgehead atoms. The van der Waals surface area contributed by atoms with Crippen molar-refractivity contribution >= 4 is 10.9 Å². The van der Waals surface area contributed by atoms with Crippen LogP contribution in [0.3, 0.4) is 0 Å². The van der Waals surface area contributed by atoms with E-state index in [0.717, 1.165) is 35.3 Å². The van der Waals surface area contributed by atoms with Gasteiger partial charge in [0.2, 0.25) is 0 Å². The average Bonchev–Trinajstić information content (AvgIpc) is 3.38. The standard InChI is InChI=1S/C21H25N3O5/c1-22-15-12-24(11-14-6-5-9-29-14)19(18(15)20(25)23(2)21(22)26)13-7-8-16(27-3)17(10-13)28-4/h7-8,10,12,14H,5-6,9,11H2,1-4H3/t14-/m1/s1. The van der Waals surface area contributed by atoms with Crippen LogP contribution in [-0.4, -0.2) is 40.6 Å². The van der Waals surface area contributed by atoms with Crippen molar-refractivity contribution in [2.24, 2.45) is 14.1 Å². The van der Waals surface area contributed by atoms with Gasteiger partial charge in [0.1, 0.15) is 0 Å². The molecular weight excluding hydrogens is 374 g/mol. The first-order chi connectivity index (χ1) is 14.0. The molecule has 8 nitrogen and oxygen atoms in total. The smallest absolute Gasteiger partial charge is 0.330 e. The minimum absolute atomic E-state index is 0.0802. The van der Waals surface area contributed by atoms with Crippen molar-refractivity contribution in [3.8, 4) is 22.8 Å². The van der Waals surface area contributed by atoms with Gasteiger partial charge in [-0.15, -0.1) is 0 Å². The van der Waals surface area contributed by atoms with E-state index < -0.39 is 0 Å². The first-order valence-electron chi connectivity index (χ1n) is 9.59. The largest absolute Gasteiger partial charge is 0.493 e. The summed E-state index contributed by atoms with van der Waals surface area (Å²) in [5.41, 5.74) is 1.48. The molecule has 0 radical (unpaired) electrons. The van der Waals surface area contributed by atoms with E-state index in [0.29, 0.717) is 28.9 Å². The molecule has 0 N–H and O–H groups in total. The Morgan fingerprint density at radius 3 is 2.52 bits per heavy atom. The number of benzene rings is 1. The van der Waals surface area contributed by atoms with Crippen molar-refractivity contribution in [1.82, 2.24) is 13.7 Å². The normalized spacial score (nSPS) is 16.5. The number of methoxy groups -OCH3 is 2. The van der Waals surface area contributed by atoms with Gasteiger partial charge < -0.3 is 18.8 Å². The highest BCUT2D eigenvalue weighted by Gasteiger charge is 2.23. The third kappa shape index (κ3) is 3.13. The Hall–Kier alpha value is -3.00. The van der Waals surface area contributed by atoms with Crippen molar-refractivity contribution in [3.63, 3.8) is 0 Å². The molecule has 2 aromatic heterocycles. The fraction of sp³-hybridized carbons (Fsp3) is 0.429. The Bertz CT molecular complexity index is 1180. The van der Waals surface area contributed by atoms with Crippen LogP contribution in [0.2, 0.25) is 0 Å². The van der Waals surface area contributed by atoms with E-state index in [2.05, 4.69) is 0 Å². The molecule has 0 aliphatic carbocycles. The van der Waals surface area contributed by atoms with Gasteiger partial charge in [0.25, 0.3) is 5.56 Å². The van der Waals surface area contributed by atoms with Crippen LogP contribution in [0.15, 0.2) is 34.0 Å². The molecule has 0 spiro atoms. The number of aryl methyl sites for hydroxylation is 1. The number of ether oxygens (including phenoxy) is 3. The SMILES string of the molecule is COc1ccc(-c2c3c(=O)n(C)c(=O)n(C)c3cn2C[C@H]2CCCO2)cc1OC. The van der Waals surface area contributed by atoms with Crippen LogP contribution < -0.4 is 20.7 Å². The summed E-state index contributed by atoms with van der Waals surface area (Å²) in [6.45, 7) is 1.35. The minimum atomic E-state index is -0.351. The van der Waals surface area contributed by atoms with Crippen LogP contribution in [0.25, 0.3) is 22.2 Å². The third-order valence-electron chi connectivity index (χ3n) is 5.59. The number of rotatable bonds is 5. The van der Waals surface area contributed by atoms with Gasteiger partial charge >= 0.3 is 5.69 Å². The molecule has 1 fully saturated rings. The maximum atomic E-state index is 13.1. The zero-order valence-electron chi connectivity index (χ0n) is 17.1. The third-order valence-corrected chi connectivity index (χ3v) is 5.59. The summed E-state index contributed by atoms with van der Waals surface area (Å²) in [6.07, 6.45) is 3.94. The summed E-state index contributed by atoms with van der Waals surface area (Å²) in [7, 11) is 6.34. The Morgan fingerprint density at radius 1 is 1.10 bits per heavy atom. The topological polar surface area (TPSA) is 76.6 Å². The fourth-order valence-electron chi connectivity index (χ4n) is 4.03. The van der Waals surface area contributed by atoms with Crippen molar-refractivity contribution in [2.45, 2.75) is 25.5 Å². The second-order valence-corrected chi connectivity index (χ2v) is 7.30. The summed E-state index contributed by atoms with van der Waals surface area (Å²) in [5, 5.41) is 0.500. The van der Waals surface area contributed by atoms with E-state index in [4.69, 9.17) is 14.2 Å². The number of fused-ring (bicyclic) bond motifs is 1. The van der Waals surface area contributed by atoms with Crippen molar-refractivity contribution in [3.05, 3.63) is 45.2 Å². The highest BCUT2D eigenvalue weighted by Crippen LogP contribution is 2.35. The minimum Gasteiger partial charge on any atom is -0.493 e. The summed E-state index contributed by atoms with van der Waals surface area (Å²) in [6, 6.07) is 5.56. The molecule has 0 saturated carbocycles. The lowest BCUT2D eigenvalue weighted by molar-refractivity contribution is 0.0975. The van der Waals surface area contributed by atoms with E-state index in [1.54, 1.807) is 21.3 Å². The highest BCUT2D eigenvalue weighted by molar-refractivity contribution is 5.94. The van der Waals surface area contributed by atoms with Crippen molar-refractivity contribution in [1.29, 1.82) is 0 Å². The molecule has 1 aromatic carbocycles. The number of aromatic nitrogens is 3. The summed E-state index contributed by atoms with van der Waals surface area (Å²) in [5.74, 6) is 1.18. The summed E-state index contributed by atoms with van der Waals surface area (Å²) < 4.78 is 21.3. The summed E-state index contributed by atoms with van der Waals surface area (Å²) >= 11 is 0. The van der Waals surface area contributed by atoms with E-state index in [-0.39, 0.29) is 17.4 Å². The van der Waals surface area contributed by atoms with Gasteiger partial charge in [-0.25, -0.2) is 4.79 Å². The van der Waals surface area contributed by atoms with E-state index in [1.807, 2.05) is 29.0 Å². The number of nitrogens with zero attached hydrogens (tertiary/aromatic N) is 3. The van der Waals surface area contributed by atoms with Gasteiger partial charge in [0.15, 0.2) is 11.5 Å². The molecule has 0 unspecified atom stereocenters. The van der Waals surface area contributed by atoms with Gasteiger partial charge in [-0.2, -0.15) is 0 Å². The predicted octanol–water partition coefficient (Wildman–Crippen LogP) is 1.90. The molecule has 1 aliphatic heterocycles. The van der Waals surface area contributed by atoms with E-state index >= 15 is 0 Å². The second-order valence-electron chi connectivity index (χ2n) is 7.30. The van der Waals surface area contributed by atoms with Crippen molar-refractivity contribution in [2.75, 3.05) is 20.8 Å². The maximum absolute atomic E-state index is 13.1. The molecule has 3 aromatic rings. The Kier molecular flexibility index (Phi) is 4.96. The lowest BCUT2D eigenvalue weighted by atomic mass is 10.1. The average molecular weight is 399 g/mol. The molecule has 1 aliphatic rings. The van der Waals surface area contributed by atoms with E-state index in [1.165, 1.54) is 11.6 Å². The Morgan fingerprint density at radius 2 is 1.86 bits per heavy atom. The van der Waals surface area contributed by atoms with Crippen molar-refractivity contribution < 1.29 is 14.2 Å². The molecule has 29 heavy (non-hydrogen) atoms. The fourth-order valence-corrected chi connectivity index (χ4v) is 4.03. The van der Waals surface area contributed by atoms with Gasteiger partial charge in [-0.05, 0) is 31.0 Å². The maximum Gasteiger partial charge on any atom is 0.330 e. The zero-order valence-corrected chi connectivity index (χ0v) is 17.1. The second kappa shape index (κ2) is 7.44. The molecule has 0 amide bonds. The van der Waals surface area contributed by atoms with Crippen LogP contribution in [0, 0.1) is 0 Å². The Balaban J connectivity index is 2.02. The van der Waals surface area contributed by atoms with Crippen LogP contribution in [0.5, 0.6) is 11.5 Å². The molecule has 8 heteroatoms. The quantitative estimate of drug-likeness (QED) is 0.655. The van der Waals surface area contributed by atoms with Gasteiger partial charge in [-0.1, -0.05) is 0 Å². The zero-order chi connectivity index (χ0) is 20.7. The molecule has 1 saturated heterocycles. The van der Waals surface area contributed by atoms with Gasteiger partial charge in [0, 0.05) is 39.0 Å². The molecule has 154 valence electrons. The highest BCUT2D eigenvalue weighted by atomic mass is 16.5. The van der Waals surface area contributed by atoms with Gasteiger partial charge in [-0.3, -0.25) is 13.9 Å². The lowest BCUT2D eigenvalue weighted by Gasteiger charge is -2.15.